The van der Waals surface area contributed by atoms with E-state index in [2.05, 4.69) is 80.4 Å². The van der Waals surface area contributed by atoms with Gasteiger partial charge < -0.3 is 9.96 Å². The maximum absolute atomic E-state index is 3.81. The van der Waals surface area contributed by atoms with Gasteiger partial charge in [0.2, 0.25) is 0 Å². The van der Waals surface area contributed by atoms with E-state index in [0.717, 1.165) is 0 Å². The molecule has 2 nitrogen and oxygen atoms in total. The van der Waals surface area contributed by atoms with E-state index in [1.165, 1.54) is 11.1 Å². The molecule has 0 atom stereocenters. The van der Waals surface area contributed by atoms with Crippen molar-refractivity contribution in [2.24, 2.45) is 0 Å². The highest BCUT2D eigenvalue weighted by Crippen LogP contribution is 2.16. The summed E-state index contributed by atoms with van der Waals surface area (Å²) >= 11 is 0. The lowest BCUT2D eigenvalue weighted by atomic mass is 10.1. The summed E-state index contributed by atoms with van der Waals surface area (Å²) in [5.41, 5.74) is 2.67. The molecular weight excluding hydrogens is 252 g/mol. The zero-order valence-electron chi connectivity index (χ0n) is 12.9. The van der Waals surface area contributed by atoms with Crippen LogP contribution in [0.25, 0.3) is 0 Å². The second kappa shape index (κ2) is 5.69. The number of hydrogen-bond acceptors (Lipinski definition) is 2. The van der Waals surface area contributed by atoms with E-state index in [1.54, 1.807) is 0 Å². The fourth-order valence-corrected chi connectivity index (χ4v) is 4.18. The summed E-state index contributed by atoms with van der Waals surface area (Å²) in [6, 6.07) is 8.86. The Morgan fingerprint density at radius 3 is 1.50 bits per heavy atom. The quantitative estimate of drug-likeness (QED) is 0.632. The number of rotatable bonds is 5. The maximum atomic E-state index is 3.81. The van der Waals surface area contributed by atoms with Gasteiger partial charge in [0.15, 0.2) is 0 Å². The number of benzene rings is 1. The molecule has 102 valence electrons. The fourth-order valence-electron chi connectivity index (χ4n) is 1.83. The van der Waals surface area contributed by atoms with Crippen LogP contribution >= 0.6 is 0 Å². The summed E-state index contributed by atoms with van der Waals surface area (Å²) < 4.78 is 0. The minimum absolute atomic E-state index is 0.295. The van der Waals surface area contributed by atoms with Crippen molar-refractivity contribution in [1.82, 2.24) is 9.96 Å². The highest BCUT2D eigenvalue weighted by molar-refractivity contribution is 6.75. The molecule has 18 heavy (non-hydrogen) atoms. The van der Waals surface area contributed by atoms with Crippen LogP contribution in [-0.4, -0.2) is 16.5 Å². The molecule has 0 radical (unpaired) electrons. The normalized spacial score (nSPS) is 13.1. The summed E-state index contributed by atoms with van der Waals surface area (Å²) in [6.45, 7) is 16.2. The largest absolute Gasteiger partial charge is 0.320 e. The van der Waals surface area contributed by atoms with Gasteiger partial charge in [-0.05, 0) is 12.5 Å². The van der Waals surface area contributed by atoms with Crippen molar-refractivity contribution in [2.75, 3.05) is 0 Å². The van der Waals surface area contributed by atoms with Crippen molar-refractivity contribution in [3.05, 3.63) is 35.4 Å². The van der Waals surface area contributed by atoms with Crippen LogP contribution in [0.3, 0.4) is 0 Å². The summed E-state index contributed by atoms with van der Waals surface area (Å²) in [4.78, 5) is 7.62. The average molecular weight is 281 g/mol. The number of aryl methyl sites for hydroxylation is 1. The highest BCUT2D eigenvalue weighted by Gasteiger charge is 2.25. The van der Waals surface area contributed by atoms with Crippen LogP contribution < -0.4 is 9.96 Å². The Bertz CT molecular complexity index is 358. The molecule has 0 unspecified atom stereocenters. The van der Waals surface area contributed by atoms with Gasteiger partial charge in [-0.25, -0.2) is 0 Å². The molecular formula is C14H28N2Si2. The summed E-state index contributed by atoms with van der Waals surface area (Å²) in [5.74, 6) is 0. The van der Waals surface area contributed by atoms with Crippen LogP contribution in [0.15, 0.2) is 24.3 Å². The molecule has 0 aliphatic heterocycles. The molecule has 0 aliphatic carbocycles. The predicted molar refractivity (Wildman–Crippen MR) is 86.9 cm³/mol. The van der Waals surface area contributed by atoms with Crippen molar-refractivity contribution in [2.45, 2.75) is 52.4 Å². The van der Waals surface area contributed by atoms with Gasteiger partial charge in [0.05, 0.1) is 6.17 Å². The first-order valence-electron chi connectivity index (χ1n) is 6.69. The molecule has 0 spiro atoms. The van der Waals surface area contributed by atoms with E-state index in [0.29, 0.717) is 6.17 Å². The third-order valence-corrected chi connectivity index (χ3v) is 4.87. The summed E-state index contributed by atoms with van der Waals surface area (Å²) in [5, 5.41) is 0. The minimum atomic E-state index is -1.31. The van der Waals surface area contributed by atoms with Crippen molar-refractivity contribution in [1.29, 1.82) is 0 Å². The highest BCUT2D eigenvalue weighted by atomic mass is 28.3. The van der Waals surface area contributed by atoms with Gasteiger partial charge in [-0.3, -0.25) is 0 Å². The zero-order chi connectivity index (χ0) is 14.0. The molecule has 1 aromatic carbocycles. The van der Waals surface area contributed by atoms with Gasteiger partial charge in [0, 0.05) is 0 Å². The van der Waals surface area contributed by atoms with Crippen LogP contribution in [-0.2, 0) is 0 Å². The van der Waals surface area contributed by atoms with Gasteiger partial charge in [0.25, 0.3) is 0 Å². The molecule has 2 N–H and O–H groups in total. The third-order valence-electron chi connectivity index (χ3n) is 2.57. The SMILES string of the molecule is Cc1ccc(C(N[Si](C)(C)C)N[Si](C)(C)C)cc1. The standard InChI is InChI=1S/C14H28N2Si2/c1-12-8-10-13(11-9-12)14(15-17(2,3)4)16-18(5,6)7/h8-11,14-16H,1-7H3. The minimum Gasteiger partial charge on any atom is -0.320 e. The first kappa shape index (κ1) is 15.6. The molecule has 0 heterocycles. The summed E-state index contributed by atoms with van der Waals surface area (Å²) in [7, 11) is -2.61. The fraction of sp³-hybridized carbons (Fsp3) is 0.571. The molecule has 0 saturated carbocycles. The van der Waals surface area contributed by atoms with Gasteiger partial charge >= 0.3 is 0 Å². The Balaban J connectivity index is 2.93. The van der Waals surface area contributed by atoms with E-state index < -0.39 is 16.5 Å². The van der Waals surface area contributed by atoms with Crippen LogP contribution in [0, 0.1) is 6.92 Å². The smallest absolute Gasteiger partial charge is 0.117 e. The Kier molecular flexibility index (Phi) is 4.94. The predicted octanol–water partition coefficient (Wildman–Crippen LogP) is 3.84. The Morgan fingerprint density at radius 1 is 0.778 bits per heavy atom. The van der Waals surface area contributed by atoms with Gasteiger partial charge in [-0.15, -0.1) is 0 Å². The molecule has 0 saturated heterocycles. The molecule has 1 aromatic rings. The topological polar surface area (TPSA) is 24.1 Å². The van der Waals surface area contributed by atoms with E-state index in [-0.39, 0.29) is 0 Å². The Hall–Kier alpha value is -0.426. The lowest BCUT2D eigenvalue weighted by Gasteiger charge is -2.33. The Morgan fingerprint density at radius 2 is 1.17 bits per heavy atom. The molecule has 4 heteroatoms. The second-order valence-electron chi connectivity index (χ2n) is 7.13. The molecule has 0 aliphatic rings. The number of nitrogens with one attached hydrogen (secondary N) is 2. The third kappa shape index (κ3) is 5.95. The Labute approximate surface area is 114 Å². The van der Waals surface area contributed by atoms with Gasteiger partial charge in [0.1, 0.15) is 16.5 Å². The van der Waals surface area contributed by atoms with Crippen molar-refractivity contribution in [3.8, 4) is 0 Å². The maximum Gasteiger partial charge on any atom is 0.117 e. The van der Waals surface area contributed by atoms with Crippen molar-refractivity contribution >= 4 is 16.5 Å². The van der Waals surface area contributed by atoms with Crippen molar-refractivity contribution in [3.63, 3.8) is 0 Å². The summed E-state index contributed by atoms with van der Waals surface area (Å²) in [6.07, 6.45) is 0.295. The monoisotopic (exact) mass is 280 g/mol. The molecule has 0 bridgehead atoms. The zero-order valence-corrected chi connectivity index (χ0v) is 14.9. The van der Waals surface area contributed by atoms with Crippen LogP contribution in [0.1, 0.15) is 17.3 Å². The van der Waals surface area contributed by atoms with Crippen LogP contribution in [0.5, 0.6) is 0 Å². The van der Waals surface area contributed by atoms with Crippen LogP contribution in [0.2, 0.25) is 39.3 Å². The van der Waals surface area contributed by atoms with E-state index in [1.807, 2.05) is 0 Å². The first-order valence-corrected chi connectivity index (χ1v) is 13.7. The molecule has 0 fully saturated rings. The van der Waals surface area contributed by atoms with Crippen molar-refractivity contribution < 1.29 is 0 Å². The van der Waals surface area contributed by atoms with E-state index in [9.17, 15) is 0 Å². The second-order valence-corrected chi connectivity index (χ2v) is 16.7. The van der Waals surface area contributed by atoms with E-state index in [4.69, 9.17) is 0 Å². The van der Waals surface area contributed by atoms with Crippen LogP contribution in [0.4, 0.5) is 0 Å². The average Bonchev–Trinajstić information content (AvgIpc) is 2.13. The molecule has 1 rings (SSSR count). The number of hydrogen-bond donors (Lipinski definition) is 2. The first-order chi connectivity index (χ1) is 8.07. The van der Waals surface area contributed by atoms with Gasteiger partial charge in [-0.2, -0.15) is 0 Å². The lowest BCUT2D eigenvalue weighted by Crippen LogP contribution is -2.55. The van der Waals surface area contributed by atoms with E-state index >= 15 is 0 Å². The lowest BCUT2D eigenvalue weighted by molar-refractivity contribution is 0.611. The molecule has 0 aromatic heterocycles. The van der Waals surface area contributed by atoms with Gasteiger partial charge in [-0.1, -0.05) is 69.1 Å². The molecule has 0 amide bonds.